The molecule has 4 N–H and O–H groups in total. The zero-order valence-corrected chi connectivity index (χ0v) is 16.4. The fourth-order valence-corrected chi connectivity index (χ4v) is 3.92. The predicted octanol–water partition coefficient (Wildman–Crippen LogP) is 2.33. The van der Waals surface area contributed by atoms with E-state index in [1.165, 1.54) is 0 Å². The molecule has 5 atom stereocenters. The molecule has 1 saturated heterocycles. The maximum Gasteiger partial charge on any atom is 0.120 e. The lowest BCUT2D eigenvalue weighted by atomic mass is 9.85. The van der Waals surface area contributed by atoms with Gasteiger partial charge in [-0.2, -0.15) is 0 Å². The molecule has 3 rings (SSSR count). The van der Waals surface area contributed by atoms with Crippen LogP contribution in [0.15, 0.2) is 42.5 Å². The summed E-state index contributed by atoms with van der Waals surface area (Å²) in [5.41, 5.74) is 1.39. The quantitative estimate of drug-likeness (QED) is 0.563. The minimum Gasteiger partial charge on any atom is -0.489 e. The molecule has 0 aliphatic carbocycles. The van der Waals surface area contributed by atoms with Gasteiger partial charge >= 0.3 is 0 Å². The van der Waals surface area contributed by atoms with Crippen molar-refractivity contribution >= 4 is 23.2 Å². The van der Waals surface area contributed by atoms with Crippen molar-refractivity contribution in [2.24, 2.45) is 5.92 Å². The van der Waals surface area contributed by atoms with Crippen molar-refractivity contribution in [1.82, 2.24) is 0 Å². The van der Waals surface area contributed by atoms with Crippen LogP contribution < -0.4 is 4.74 Å². The van der Waals surface area contributed by atoms with Gasteiger partial charge in [0.05, 0.1) is 25.4 Å². The van der Waals surface area contributed by atoms with E-state index in [-0.39, 0.29) is 13.2 Å². The first-order valence-corrected chi connectivity index (χ1v) is 9.59. The summed E-state index contributed by atoms with van der Waals surface area (Å²) in [6.45, 7) is -0.537. The number of rotatable bonds is 6. The lowest BCUT2D eigenvalue weighted by Crippen LogP contribution is -2.53. The minimum absolute atomic E-state index is 0.242. The van der Waals surface area contributed by atoms with Crippen molar-refractivity contribution in [2.75, 3.05) is 13.2 Å². The van der Waals surface area contributed by atoms with Gasteiger partial charge in [0.15, 0.2) is 0 Å². The number of halogens is 2. The second-order valence-electron chi connectivity index (χ2n) is 6.74. The van der Waals surface area contributed by atoms with Gasteiger partial charge in [-0.3, -0.25) is 0 Å². The molecule has 0 radical (unpaired) electrons. The largest absolute Gasteiger partial charge is 0.489 e. The van der Waals surface area contributed by atoms with Crippen molar-refractivity contribution in [3.63, 3.8) is 0 Å². The molecule has 152 valence electrons. The molecule has 2 aromatic carbocycles. The van der Waals surface area contributed by atoms with Gasteiger partial charge in [0.1, 0.15) is 24.6 Å². The van der Waals surface area contributed by atoms with Gasteiger partial charge in [0.2, 0.25) is 0 Å². The molecule has 5 unspecified atom stereocenters. The molecule has 0 amide bonds. The van der Waals surface area contributed by atoms with Gasteiger partial charge in [-0.05, 0) is 41.5 Å². The Morgan fingerprint density at radius 3 is 2.29 bits per heavy atom. The summed E-state index contributed by atoms with van der Waals surface area (Å²) in [5, 5.41) is 40.6. The van der Waals surface area contributed by atoms with Gasteiger partial charge < -0.3 is 29.9 Å². The van der Waals surface area contributed by atoms with Gasteiger partial charge in [0.25, 0.3) is 0 Å². The molecular weight excluding hydrogens is 407 g/mol. The molecule has 0 aromatic heterocycles. The van der Waals surface area contributed by atoms with Gasteiger partial charge in [-0.15, -0.1) is 0 Å². The highest BCUT2D eigenvalue weighted by atomic mass is 35.5. The van der Waals surface area contributed by atoms with E-state index in [1.807, 2.05) is 0 Å². The molecule has 2 aromatic rings. The lowest BCUT2D eigenvalue weighted by molar-refractivity contribution is -0.217. The van der Waals surface area contributed by atoms with Crippen LogP contribution in [0.4, 0.5) is 0 Å². The van der Waals surface area contributed by atoms with Crippen LogP contribution in [0.2, 0.25) is 10.0 Å². The summed E-state index contributed by atoms with van der Waals surface area (Å²) in [6, 6.07) is 12.1. The van der Waals surface area contributed by atoms with Gasteiger partial charge in [0, 0.05) is 16.0 Å². The third-order valence-corrected chi connectivity index (χ3v) is 5.24. The number of benzene rings is 2. The monoisotopic (exact) mass is 428 g/mol. The topological polar surface area (TPSA) is 99.4 Å². The van der Waals surface area contributed by atoms with E-state index < -0.39 is 36.9 Å². The average Bonchev–Trinajstić information content (AvgIpc) is 2.67. The van der Waals surface area contributed by atoms with Crippen molar-refractivity contribution in [2.45, 2.75) is 31.0 Å². The maximum atomic E-state index is 10.4. The third kappa shape index (κ3) is 4.78. The van der Waals surface area contributed by atoms with Crippen LogP contribution in [-0.4, -0.2) is 52.0 Å². The molecule has 6 nitrogen and oxygen atoms in total. The van der Waals surface area contributed by atoms with E-state index in [9.17, 15) is 20.4 Å². The number of hydrogen-bond donors (Lipinski definition) is 4. The van der Waals surface area contributed by atoms with Crippen molar-refractivity contribution in [3.8, 4) is 5.75 Å². The SMILES string of the molecule is OCC1OC(c2cccc(OCc3cc(Cl)cc(Cl)c3)c2)C(O)C(O)C1CO. The number of aliphatic hydroxyl groups is 4. The van der Waals surface area contributed by atoms with Crippen LogP contribution in [0.3, 0.4) is 0 Å². The van der Waals surface area contributed by atoms with E-state index in [2.05, 4.69) is 0 Å². The number of ether oxygens (including phenoxy) is 2. The molecule has 1 fully saturated rings. The van der Waals surface area contributed by atoms with Crippen LogP contribution in [0.5, 0.6) is 5.75 Å². The summed E-state index contributed by atoms with van der Waals surface area (Å²) < 4.78 is 11.5. The molecule has 0 spiro atoms. The summed E-state index contributed by atoms with van der Waals surface area (Å²) in [6.07, 6.45) is -4.12. The zero-order chi connectivity index (χ0) is 20.3. The Labute approximate surface area is 172 Å². The fourth-order valence-electron chi connectivity index (χ4n) is 3.34. The van der Waals surface area contributed by atoms with Crippen molar-refractivity contribution in [3.05, 3.63) is 63.6 Å². The first kappa shape index (κ1) is 21.3. The van der Waals surface area contributed by atoms with E-state index in [0.29, 0.717) is 21.4 Å². The third-order valence-electron chi connectivity index (χ3n) is 4.80. The second-order valence-corrected chi connectivity index (χ2v) is 7.62. The first-order valence-electron chi connectivity index (χ1n) is 8.84. The molecule has 28 heavy (non-hydrogen) atoms. The Morgan fingerprint density at radius 1 is 0.929 bits per heavy atom. The highest BCUT2D eigenvalue weighted by Gasteiger charge is 2.44. The summed E-state index contributed by atoms with van der Waals surface area (Å²) in [5.74, 6) is -0.230. The molecule has 1 heterocycles. The van der Waals surface area contributed by atoms with E-state index in [0.717, 1.165) is 5.56 Å². The van der Waals surface area contributed by atoms with E-state index in [1.54, 1.807) is 42.5 Å². The predicted molar refractivity (Wildman–Crippen MR) is 105 cm³/mol. The van der Waals surface area contributed by atoms with Crippen LogP contribution in [0.25, 0.3) is 0 Å². The van der Waals surface area contributed by atoms with Crippen molar-refractivity contribution < 1.29 is 29.9 Å². The molecule has 0 saturated carbocycles. The van der Waals surface area contributed by atoms with Crippen LogP contribution in [-0.2, 0) is 11.3 Å². The summed E-state index contributed by atoms with van der Waals surface area (Å²) in [4.78, 5) is 0. The highest BCUT2D eigenvalue weighted by molar-refractivity contribution is 6.34. The Balaban J connectivity index is 1.75. The Bertz CT molecular complexity index is 780. The Morgan fingerprint density at radius 2 is 1.64 bits per heavy atom. The molecule has 0 bridgehead atoms. The van der Waals surface area contributed by atoms with E-state index in [4.69, 9.17) is 32.7 Å². The highest BCUT2D eigenvalue weighted by Crippen LogP contribution is 2.36. The minimum atomic E-state index is -1.25. The summed E-state index contributed by atoms with van der Waals surface area (Å²) >= 11 is 12.0. The van der Waals surface area contributed by atoms with Gasteiger partial charge in [-0.25, -0.2) is 0 Å². The fraction of sp³-hybridized carbons (Fsp3) is 0.400. The lowest BCUT2D eigenvalue weighted by Gasteiger charge is -2.42. The van der Waals surface area contributed by atoms with Crippen molar-refractivity contribution in [1.29, 1.82) is 0 Å². The smallest absolute Gasteiger partial charge is 0.120 e. The maximum absolute atomic E-state index is 10.4. The molecule has 8 heteroatoms. The van der Waals surface area contributed by atoms with Gasteiger partial charge in [-0.1, -0.05) is 35.3 Å². The Hall–Kier alpha value is -1.38. The second kappa shape index (κ2) is 9.41. The molecule has 1 aliphatic rings. The normalized spacial score (nSPS) is 27.6. The molecular formula is C20H22Cl2O6. The number of aliphatic hydroxyl groups excluding tert-OH is 4. The summed E-state index contributed by atoms with van der Waals surface area (Å²) in [7, 11) is 0. The first-order chi connectivity index (χ1) is 13.4. The average molecular weight is 429 g/mol. The zero-order valence-electron chi connectivity index (χ0n) is 14.9. The Kier molecular flexibility index (Phi) is 7.17. The number of hydrogen-bond acceptors (Lipinski definition) is 6. The molecule has 1 aliphatic heterocycles. The standard InChI is InChI=1S/C20H22Cl2O6/c21-13-4-11(5-14(22)7-13)10-27-15-3-1-2-12(6-15)20-19(26)18(25)16(8-23)17(9-24)28-20/h1-7,16-20,23-26H,8-10H2. The van der Waals surface area contributed by atoms with Crippen LogP contribution in [0.1, 0.15) is 17.2 Å². The van der Waals surface area contributed by atoms with E-state index >= 15 is 0 Å². The van der Waals surface area contributed by atoms with Crippen LogP contribution >= 0.6 is 23.2 Å². The van der Waals surface area contributed by atoms with Crippen LogP contribution in [0, 0.1) is 5.92 Å².